The van der Waals surface area contributed by atoms with Gasteiger partial charge >= 0.3 is 12.1 Å². The highest BCUT2D eigenvalue weighted by atomic mass is 16.6. The van der Waals surface area contributed by atoms with Crippen LogP contribution in [0.4, 0.5) is 4.79 Å². The summed E-state index contributed by atoms with van der Waals surface area (Å²) in [6.07, 6.45) is 0.697. The third-order valence-corrected chi connectivity index (χ3v) is 2.81. The fourth-order valence-electron chi connectivity index (χ4n) is 2.00. The van der Waals surface area contributed by atoms with Crippen molar-refractivity contribution in [2.45, 2.75) is 58.2 Å². The Labute approximate surface area is 114 Å². The molecule has 2 atom stereocenters. The number of nitrogens with zero attached hydrogens (tertiary/aromatic N) is 1. The van der Waals surface area contributed by atoms with Crippen LogP contribution in [-0.2, 0) is 14.3 Å². The van der Waals surface area contributed by atoms with Crippen molar-refractivity contribution in [3.63, 3.8) is 0 Å². The van der Waals surface area contributed by atoms with Crippen LogP contribution in [0, 0.1) is 0 Å². The molecule has 1 heterocycles. The van der Waals surface area contributed by atoms with Crippen LogP contribution in [0.15, 0.2) is 0 Å². The molecule has 1 rings (SSSR count). The predicted octanol–water partition coefficient (Wildman–Crippen LogP) is 1.28. The fraction of sp³-hybridized carbons (Fsp3) is 0.846. The van der Waals surface area contributed by atoms with E-state index in [0.717, 1.165) is 0 Å². The van der Waals surface area contributed by atoms with Crippen molar-refractivity contribution in [3.05, 3.63) is 0 Å². The van der Waals surface area contributed by atoms with Crippen molar-refractivity contribution >= 4 is 12.1 Å². The summed E-state index contributed by atoms with van der Waals surface area (Å²) in [7, 11) is 0. The summed E-state index contributed by atoms with van der Waals surface area (Å²) in [5.41, 5.74) is 5.26. The van der Waals surface area contributed by atoms with Crippen LogP contribution in [0.1, 0.15) is 40.5 Å². The van der Waals surface area contributed by atoms with Gasteiger partial charge in [-0.2, -0.15) is 0 Å². The first-order valence-corrected chi connectivity index (χ1v) is 6.66. The van der Waals surface area contributed by atoms with Crippen molar-refractivity contribution in [2.24, 2.45) is 5.73 Å². The summed E-state index contributed by atoms with van der Waals surface area (Å²) < 4.78 is 10.3. The second-order valence-corrected chi connectivity index (χ2v) is 5.74. The Hall–Kier alpha value is -1.30. The number of likely N-dealkylation sites (tertiary alicyclic amines) is 1. The molecule has 0 unspecified atom stereocenters. The van der Waals surface area contributed by atoms with Gasteiger partial charge in [0.1, 0.15) is 11.6 Å². The number of amides is 1. The van der Waals surface area contributed by atoms with Crippen LogP contribution in [0.2, 0.25) is 0 Å². The molecule has 0 aromatic rings. The van der Waals surface area contributed by atoms with Crippen LogP contribution in [0.25, 0.3) is 0 Å². The van der Waals surface area contributed by atoms with E-state index in [9.17, 15) is 9.59 Å². The van der Waals surface area contributed by atoms with Crippen molar-refractivity contribution in [3.8, 4) is 0 Å². The Bertz CT molecular complexity index is 338. The lowest BCUT2D eigenvalue weighted by Gasteiger charge is -2.37. The van der Waals surface area contributed by atoms with E-state index < -0.39 is 17.7 Å². The number of nitrogens with two attached hydrogens (primary N) is 1. The molecule has 1 aliphatic heterocycles. The molecule has 1 saturated heterocycles. The maximum atomic E-state index is 12.1. The van der Waals surface area contributed by atoms with E-state index in [-0.39, 0.29) is 12.0 Å². The van der Waals surface area contributed by atoms with Crippen LogP contribution < -0.4 is 5.73 Å². The molecular weight excluding hydrogens is 248 g/mol. The highest BCUT2D eigenvalue weighted by molar-refractivity contribution is 5.81. The molecule has 19 heavy (non-hydrogen) atoms. The summed E-state index contributed by atoms with van der Waals surface area (Å²) in [4.78, 5) is 25.4. The van der Waals surface area contributed by atoms with Gasteiger partial charge in [0.2, 0.25) is 0 Å². The number of esters is 1. The molecule has 1 aliphatic rings. The predicted molar refractivity (Wildman–Crippen MR) is 70.6 cm³/mol. The largest absolute Gasteiger partial charge is 0.464 e. The third-order valence-electron chi connectivity index (χ3n) is 2.81. The number of hydrogen-bond acceptors (Lipinski definition) is 5. The molecule has 0 spiro atoms. The van der Waals surface area contributed by atoms with Gasteiger partial charge in [-0.1, -0.05) is 0 Å². The summed E-state index contributed by atoms with van der Waals surface area (Å²) in [5, 5.41) is 0. The number of carbonyl (C=O) groups is 2. The zero-order chi connectivity index (χ0) is 14.6. The van der Waals surface area contributed by atoms with Crippen molar-refractivity contribution in [1.82, 2.24) is 4.90 Å². The molecule has 0 radical (unpaired) electrons. The number of piperidine rings is 1. The average Bonchev–Trinajstić information content (AvgIpc) is 2.26. The summed E-state index contributed by atoms with van der Waals surface area (Å²) >= 11 is 0. The molecule has 2 N–H and O–H groups in total. The standard InChI is InChI=1S/C13H24N2O4/c1-5-18-11(16)10-7-6-9(14)8-15(10)12(17)19-13(2,3)4/h9-10H,5-8,14H2,1-4H3/t9-,10-/m0/s1. The van der Waals surface area contributed by atoms with E-state index in [2.05, 4.69) is 0 Å². The van der Waals surface area contributed by atoms with Gasteiger partial charge in [-0.3, -0.25) is 4.90 Å². The molecular formula is C13H24N2O4. The third kappa shape index (κ3) is 4.70. The first kappa shape index (κ1) is 15.8. The molecule has 0 bridgehead atoms. The smallest absolute Gasteiger partial charge is 0.411 e. The van der Waals surface area contributed by atoms with Gasteiger partial charge in [-0.15, -0.1) is 0 Å². The van der Waals surface area contributed by atoms with Crippen molar-refractivity contribution < 1.29 is 19.1 Å². The first-order valence-electron chi connectivity index (χ1n) is 6.66. The average molecular weight is 272 g/mol. The molecule has 110 valence electrons. The second-order valence-electron chi connectivity index (χ2n) is 5.74. The molecule has 1 amide bonds. The lowest BCUT2D eigenvalue weighted by atomic mass is 9.99. The van der Waals surface area contributed by atoms with Gasteiger partial charge in [-0.05, 0) is 40.5 Å². The van der Waals surface area contributed by atoms with Gasteiger partial charge in [0.05, 0.1) is 6.61 Å². The molecule has 6 nitrogen and oxygen atoms in total. The fourth-order valence-corrected chi connectivity index (χ4v) is 2.00. The van der Waals surface area contributed by atoms with E-state index >= 15 is 0 Å². The van der Waals surface area contributed by atoms with E-state index in [1.165, 1.54) is 4.90 Å². The number of rotatable bonds is 2. The normalized spacial score (nSPS) is 23.9. The van der Waals surface area contributed by atoms with Gasteiger partial charge in [0.25, 0.3) is 0 Å². The minimum absolute atomic E-state index is 0.127. The highest BCUT2D eigenvalue weighted by Crippen LogP contribution is 2.21. The van der Waals surface area contributed by atoms with E-state index in [4.69, 9.17) is 15.2 Å². The van der Waals surface area contributed by atoms with E-state index in [0.29, 0.717) is 26.0 Å². The second kappa shape index (κ2) is 6.23. The quantitative estimate of drug-likeness (QED) is 0.766. The Morgan fingerprint density at radius 2 is 1.95 bits per heavy atom. The molecule has 0 aliphatic carbocycles. The first-order chi connectivity index (χ1) is 8.74. The maximum Gasteiger partial charge on any atom is 0.411 e. The Kier molecular flexibility index (Phi) is 5.17. The number of carbonyl (C=O) groups excluding carboxylic acids is 2. The van der Waals surface area contributed by atoms with Crippen LogP contribution >= 0.6 is 0 Å². The molecule has 0 saturated carbocycles. The Balaban J connectivity index is 2.78. The molecule has 1 fully saturated rings. The lowest BCUT2D eigenvalue weighted by Crippen LogP contribution is -2.55. The zero-order valence-electron chi connectivity index (χ0n) is 12.1. The summed E-state index contributed by atoms with van der Waals surface area (Å²) in [5.74, 6) is -0.389. The summed E-state index contributed by atoms with van der Waals surface area (Å²) in [6.45, 7) is 7.71. The van der Waals surface area contributed by atoms with Crippen molar-refractivity contribution in [2.75, 3.05) is 13.2 Å². The van der Waals surface area contributed by atoms with E-state index in [1.54, 1.807) is 27.7 Å². The monoisotopic (exact) mass is 272 g/mol. The minimum atomic E-state index is -0.599. The van der Waals surface area contributed by atoms with Crippen molar-refractivity contribution in [1.29, 1.82) is 0 Å². The maximum absolute atomic E-state index is 12.1. The SMILES string of the molecule is CCOC(=O)[C@@H]1CC[C@H](N)CN1C(=O)OC(C)(C)C. The van der Waals surface area contributed by atoms with E-state index in [1.807, 2.05) is 0 Å². The lowest BCUT2D eigenvalue weighted by molar-refractivity contribution is -0.150. The molecule has 6 heteroatoms. The summed E-state index contributed by atoms with van der Waals surface area (Å²) in [6, 6.07) is -0.715. The van der Waals surface area contributed by atoms with Crippen LogP contribution in [-0.4, -0.2) is 47.8 Å². The highest BCUT2D eigenvalue weighted by Gasteiger charge is 2.37. The minimum Gasteiger partial charge on any atom is -0.464 e. The van der Waals surface area contributed by atoms with Crippen LogP contribution in [0.3, 0.4) is 0 Å². The molecule has 0 aromatic heterocycles. The molecule has 0 aromatic carbocycles. The van der Waals surface area contributed by atoms with Gasteiger partial charge < -0.3 is 15.2 Å². The topological polar surface area (TPSA) is 81.9 Å². The number of hydrogen-bond donors (Lipinski definition) is 1. The van der Waals surface area contributed by atoms with Gasteiger partial charge in [0, 0.05) is 12.6 Å². The van der Waals surface area contributed by atoms with Crippen LogP contribution in [0.5, 0.6) is 0 Å². The Morgan fingerprint density at radius 1 is 1.32 bits per heavy atom. The number of ether oxygens (including phenoxy) is 2. The Morgan fingerprint density at radius 3 is 2.47 bits per heavy atom. The van der Waals surface area contributed by atoms with Gasteiger partial charge in [-0.25, -0.2) is 9.59 Å². The van der Waals surface area contributed by atoms with Gasteiger partial charge in [0.15, 0.2) is 0 Å². The zero-order valence-corrected chi connectivity index (χ0v) is 12.1.